The van der Waals surface area contributed by atoms with Crippen LogP contribution in [0.15, 0.2) is 24.3 Å². The van der Waals surface area contributed by atoms with Crippen LogP contribution in [-0.2, 0) is 16.4 Å². The maximum Gasteiger partial charge on any atom is 0.157 e. The van der Waals surface area contributed by atoms with E-state index >= 15 is 0 Å². The predicted octanol–water partition coefficient (Wildman–Crippen LogP) is 0.341. The molecule has 0 amide bonds. The maximum absolute atomic E-state index is 11.0. The summed E-state index contributed by atoms with van der Waals surface area (Å²) in [6.45, 7) is 0.273. The Labute approximate surface area is 93.9 Å². The van der Waals surface area contributed by atoms with Crippen molar-refractivity contribution in [2.75, 3.05) is 11.5 Å². The summed E-state index contributed by atoms with van der Waals surface area (Å²) in [7, 11) is -2.87. The highest BCUT2D eigenvalue weighted by molar-refractivity contribution is 7.92. The zero-order valence-corrected chi connectivity index (χ0v) is 9.40. The lowest BCUT2D eigenvalue weighted by Gasteiger charge is -2.27. The van der Waals surface area contributed by atoms with Gasteiger partial charge in [0.2, 0.25) is 0 Å². The number of hydrogen-bond acceptors (Lipinski definition) is 5. The fourth-order valence-corrected chi connectivity index (χ4v) is 2.79. The van der Waals surface area contributed by atoms with E-state index in [1.54, 1.807) is 6.07 Å². The number of sulfone groups is 1. The highest BCUT2D eigenvalue weighted by Gasteiger charge is 2.35. The van der Waals surface area contributed by atoms with Crippen LogP contribution >= 0.6 is 0 Å². The van der Waals surface area contributed by atoms with Gasteiger partial charge in [0, 0.05) is 12.1 Å². The molecule has 1 aromatic rings. The first-order valence-corrected chi connectivity index (χ1v) is 6.75. The SMILES string of the molecule is O=S1(=O)CC(Oc2ccccc2CNO)C1. The zero-order valence-electron chi connectivity index (χ0n) is 8.59. The molecule has 0 unspecified atom stereocenters. The molecule has 1 fully saturated rings. The lowest BCUT2D eigenvalue weighted by Crippen LogP contribution is -2.45. The second kappa shape index (κ2) is 4.40. The normalized spacial score (nSPS) is 19.1. The number of benzene rings is 1. The van der Waals surface area contributed by atoms with Crippen LogP contribution in [0.4, 0.5) is 0 Å². The van der Waals surface area contributed by atoms with E-state index in [1.165, 1.54) is 0 Å². The average Bonchev–Trinajstić information content (AvgIpc) is 2.18. The van der Waals surface area contributed by atoms with Gasteiger partial charge >= 0.3 is 0 Å². The van der Waals surface area contributed by atoms with Crippen molar-refractivity contribution in [2.45, 2.75) is 12.6 Å². The zero-order chi connectivity index (χ0) is 11.6. The molecular weight excluding hydrogens is 230 g/mol. The summed E-state index contributed by atoms with van der Waals surface area (Å²) in [6, 6.07) is 7.21. The van der Waals surface area contributed by atoms with Crippen LogP contribution in [0.25, 0.3) is 0 Å². The molecule has 0 spiro atoms. The van der Waals surface area contributed by atoms with Crippen LogP contribution in [0.5, 0.6) is 5.75 Å². The van der Waals surface area contributed by atoms with Gasteiger partial charge in [0.1, 0.15) is 11.9 Å². The molecule has 1 aliphatic rings. The highest BCUT2D eigenvalue weighted by Crippen LogP contribution is 2.23. The minimum atomic E-state index is -2.87. The fourth-order valence-electron chi connectivity index (χ4n) is 1.62. The Morgan fingerprint density at radius 3 is 2.69 bits per heavy atom. The molecule has 5 nitrogen and oxygen atoms in total. The van der Waals surface area contributed by atoms with Crippen molar-refractivity contribution in [1.29, 1.82) is 0 Å². The van der Waals surface area contributed by atoms with Gasteiger partial charge in [0.15, 0.2) is 9.84 Å². The van der Waals surface area contributed by atoms with Gasteiger partial charge in [-0.05, 0) is 6.07 Å². The quantitative estimate of drug-likeness (QED) is 0.746. The van der Waals surface area contributed by atoms with Crippen LogP contribution in [0.1, 0.15) is 5.56 Å². The molecule has 88 valence electrons. The number of nitrogens with one attached hydrogen (secondary N) is 1. The molecule has 2 rings (SSSR count). The molecule has 16 heavy (non-hydrogen) atoms. The summed E-state index contributed by atoms with van der Waals surface area (Å²) in [6.07, 6.45) is -0.259. The predicted molar refractivity (Wildman–Crippen MR) is 58.1 cm³/mol. The largest absolute Gasteiger partial charge is 0.488 e. The van der Waals surface area contributed by atoms with E-state index in [2.05, 4.69) is 5.48 Å². The third-order valence-electron chi connectivity index (χ3n) is 2.42. The van der Waals surface area contributed by atoms with Gasteiger partial charge in [-0.25, -0.2) is 13.9 Å². The molecule has 0 radical (unpaired) electrons. The average molecular weight is 243 g/mol. The fraction of sp³-hybridized carbons (Fsp3) is 0.400. The van der Waals surface area contributed by atoms with Gasteiger partial charge in [-0.2, -0.15) is 0 Å². The van der Waals surface area contributed by atoms with Crippen molar-refractivity contribution < 1.29 is 18.4 Å². The number of ether oxygens (including phenoxy) is 1. The Bertz CT molecular complexity index is 459. The summed E-state index contributed by atoms with van der Waals surface area (Å²) in [4.78, 5) is 0. The molecule has 1 aromatic carbocycles. The second-order valence-electron chi connectivity index (χ2n) is 3.76. The molecule has 2 N–H and O–H groups in total. The van der Waals surface area contributed by atoms with Crippen molar-refractivity contribution in [2.24, 2.45) is 0 Å². The first-order valence-electron chi connectivity index (χ1n) is 4.93. The monoisotopic (exact) mass is 243 g/mol. The molecule has 0 bridgehead atoms. The van der Waals surface area contributed by atoms with Crippen LogP contribution < -0.4 is 10.2 Å². The van der Waals surface area contributed by atoms with E-state index in [-0.39, 0.29) is 24.2 Å². The Balaban J connectivity index is 2.04. The van der Waals surface area contributed by atoms with Crippen molar-refractivity contribution in [3.8, 4) is 5.75 Å². The van der Waals surface area contributed by atoms with E-state index in [4.69, 9.17) is 9.94 Å². The van der Waals surface area contributed by atoms with Crippen molar-refractivity contribution in [3.63, 3.8) is 0 Å². The van der Waals surface area contributed by atoms with Crippen LogP contribution in [0.2, 0.25) is 0 Å². The van der Waals surface area contributed by atoms with Gasteiger partial charge in [0.25, 0.3) is 0 Å². The highest BCUT2D eigenvalue weighted by atomic mass is 32.2. The van der Waals surface area contributed by atoms with E-state index in [0.717, 1.165) is 5.56 Å². The molecule has 1 heterocycles. The van der Waals surface area contributed by atoms with Crippen LogP contribution in [0, 0.1) is 0 Å². The summed E-state index contributed by atoms with van der Waals surface area (Å²) in [5.74, 6) is 0.769. The van der Waals surface area contributed by atoms with Gasteiger partial charge in [-0.15, -0.1) is 0 Å². The molecular formula is C10H13NO4S. The third kappa shape index (κ3) is 2.52. The molecule has 6 heteroatoms. The molecule has 1 saturated heterocycles. The summed E-state index contributed by atoms with van der Waals surface area (Å²) >= 11 is 0. The summed E-state index contributed by atoms with van der Waals surface area (Å²) < 4.78 is 27.5. The van der Waals surface area contributed by atoms with Gasteiger partial charge in [-0.1, -0.05) is 18.2 Å². The molecule has 1 aliphatic heterocycles. The van der Waals surface area contributed by atoms with Gasteiger partial charge in [-0.3, -0.25) is 0 Å². The van der Waals surface area contributed by atoms with Crippen LogP contribution in [-0.4, -0.2) is 31.2 Å². The topological polar surface area (TPSA) is 75.6 Å². The lowest BCUT2D eigenvalue weighted by molar-refractivity contribution is 0.157. The van der Waals surface area contributed by atoms with E-state index in [0.29, 0.717) is 5.75 Å². The van der Waals surface area contributed by atoms with Crippen molar-refractivity contribution >= 4 is 9.84 Å². The van der Waals surface area contributed by atoms with E-state index < -0.39 is 9.84 Å². The number of rotatable bonds is 4. The Morgan fingerprint density at radius 1 is 1.38 bits per heavy atom. The Kier molecular flexibility index (Phi) is 3.13. The molecule has 0 saturated carbocycles. The molecule has 0 atom stereocenters. The van der Waals surface area contributed by atoms with Crippen molar-refractivity contribution in [3.05, 3.63) is 29.8 Å². The maximum atomic E-state index is 11.0. The first kappa shape index (κ1) is 11.4. The Morgan fingerprint density at radius 2 is 2.06 bits per heavy atom. The third-order valence-corrected chi connectivity index (χ3v) is 4.17. The summed E-state index contributed by atoms with van der Waals surface area (Å²) in [5.41, 5.74) is 2.85. The summed E-state index contributed by atoms with van der Waals surface area (Å²) in [5, 5.41) is 8.63. The number of para-hydroxylation sites is 1. The minimum Gasteiger partial charge on any atom is -0.488 e. The van der Waals surface area contributed by atoms with Crippen molar-refractivity contribution in [1.82, 2.24) is 5.48 Å². The molecule has 0 aliphatic carbocycles. The minimum absolute atomic E-state index is 0.0773. The Hall–Kier alpha value is -1.11. The van der Waals surface area contributed by atoms with E-state index in [9.17, 15) is 8.42 Å². The second-order valence-corrected chi connectivity index (χ2v) is 5.91. The van der Waals surface area contributed by atoms with Gasteiger partial charge < -0.3 is 9.94 Å². The smallest absolute Gasteiger partial charge is 0.157 e. The number of hydrogen-bond donors (Lipinski definition) is 2. The first-order chi connectivity index (χ1) is 7.61. The lowest BCUT2D eigenvalue weighted by atomic mass is 10.2. The number of hydroxylamine groups is 1. The van der Waals surface area contributed by atoms with Gasteiger partial charge in [0.05, 0.1) is 11.5 Å². The van der Waals surface area contributed by atoms with Crippen LogP contribution in [0.3, 0.4) is 0 Å². The standard InChI is InChI=1S/C10H13NO4S/c12-11-5-8-3-1-2-4-10(8)15-9-6-16(13,14)7-9/h1-4,9,11-12H,5-7H2. The van der Waals surface area contributed by atoms with E-state index in [1.807, 2.05) is 18.2 Å². The molecule has 0 aromatic heterocycles.